The van der Waals surface area contributed by atoms with E-state index in [0.717, 1.165) is 48.9 Å². The number of rotatable bonds is 9. The van der Waals surface area contributed by atoms with Gasteiger partial charge in [0.1, 0.15) is 24.1 Å². The third-order valence-electron chi connectivity index (χ3n) is 5.75. The summed E-state index contributed by atoms with van der Waals surface area (Å²) in [6, 6.07) is 7.22. The maximum atomic E-state index is 6.09. The van der Waals surface area contributed by atoms with Crippen LogP contribution in [0.3, 0.4) is 0 Å². The van der Waals surface area contributed by atoms with Crippen LogP contribution in [0.5, 0.6) is 11.5 Å². The SMILES string of the molecule is COc1ccc2c(c1)CC(c1nc(CCC(C)(C)C)cn1COCC[Si](C)(C)C)CO2. The Bertz CT molecular complexity index is 865. The molecule has 3 rings (SSSR count). The molecule has 0 bridgehead atoms. The first-order valence-corrected chi connectivity index (χ1v) is 15.2. The van der Waals surface area contributed by atoms with Gasteiger partial charge in [-0.05, 0) is 54.5 Å². The van der Waals surface area contributed by atoms with Gasteiger partial charge >= 0.3 is 0 Å². The fourth-order valence-electron chi connectivity index (χ4n) is 3.74. The molecule has 2 heterocycles. The Labute approximate surface area is 189 Å². The quantitative estimate of drug-likeness (QED) is 0.357. The molecule has 1 aliphatic rings. The molecule has 6 heteroatoms. The van der Waals surface area contributed by atoms with E-state index in [1.807, 2.05) is 12.1 Å². The van der Waals surface area contributed by atoms with Gasteiger partial charge in [-0.2, -0.15) is 0 Å². The first kappa shape index (κ1) is 23.9. The Morgan fingerprint density at radius 3 is 2.68 bits per heavy atom. The van der Waals surface area contributed by atoms with Crippen molar-refractivity contribution in [1.82, 2.24) is 9.55 Å². The van der Waals surface area contributed by atoms with Crippen molar-refractivity contribution in [3.8, 4) is 11.5 Å². The highest BCUT2D eigenvalue weighted by Gasteiger charge is 2.27. The average molecular weight is 445 g/mol. The summed E-state index contributed by atoms with van der Waals surface area (Å²) in [7, 11) is 0.603. The van der Waals surface area contributed by atoms with Crippen molar-refractivity contribution in [2.75, 3.05) is 20.3 Å². The van der Waals surface area contributed by atoms with Crippen LogP contribution in [0.2, 0.25) is 25.7 Å². The predicted molar refractivity (Wildman–Crippen MR) is 129 cm³/mol. The summed E-state index contributed by atoms with van der Waals surface area (Å²) >= 11 is 0. The molecular weight excluding hydrogens is 404 g/mol. The minimum Gasteiger partial charge on any atom is -0.497 e. The Kier molecular flexibility index (Phi) is 7.53. The van der Waals surface area contributed by atoms with Crippen molar-refractivity contribution in [3.05, 3.63) is 41.5 Å². The van der Waals surface area contributed by atoms with Gasteiger partial charge in [-0.25, -0.2) is 4.98 Å². The molecule has 1 unspecified atom stereocenters. The van der Waals surface area contributed by atoms with Gasteiger partial charge in [0.25, 0.3) is 0 Å². The molecule has 31 heavy (non-hydrogen) atoms. The smallest absolute Gasteiger partial charge is 0.123 e. The lowest BCUT2D eigenvalue weighted by molar-refractivity contribution is 0.0830. The number of hydrogen-bond donors (Lipinski definition) is 0. The number of aryl methyl sites for hydroxylation is 1. The minimum atomic E-state index is -1.10. The van der Waals surface area contributed by atoms with Gasteiger partial charge in [0.15, 0.2) is 0 Å². The van der Waals surface area contributed by atoms with Gasteiger partial charge in [-0.1, -0.05) is 40.4 Å². The van der Waals surface area contributed by atoms with Crippen LogP contribution < -0.4 is 9.47 Å². The van der Waals surface area contributed by atoms with E-state index in [9.17, 15) is 0 Å². The molecule has 0 aliphatic carbocycles. The van der Waals surface area contributed by atoms with E-state index in [0.29, 0.717) is 18.8 Å². The van der Waals surface area contributed by atoms with Crippen molar-refractivity contribution in [2.24, 2.45) is 5.41 Å². The summed E-state index contributed by atoms with van der Waals surface area (Å²) in [4.78, 5) is 5.06. The van der Waals surface area contributed by atoms with E-state index in [-0.39, 0.29) is 5.92 Å². The molecule has 1 aliphatic heterocycles. The van der Waals surface area contributed by atoms with Gasteiger partial charge in [0, 0.05) is 20.9 Å². The highest BCUT2D eigenvalue weighted by molar-refractivity contribution is 6.76. The van der Waals surface area contributed by atoms with Gasteiger partial charge < -0.3 is 18.8 Å². The van der Waals surface area contributed by atoms with Crippen LogP contribution in [0.4, 0.5) is 0 Å². The van der Waals surface area contributed by atoms with Gasteiger partial charge in [-0.15, -0.1) is 0 Å². The highest BCUT2D eigenvalue weighted by atomic mass is 28.3. The topological polar surface area (TPSA) is 45.5 Å². The molecule has 1 atom stereocenters. The lowest BCUT2D eigenvalue weighted by Crippen LogP contribution is -2.24. The molecule has 5 nitrogen and oxygen atoms in total. The molecule has 0 saturated carbocycles. The van der Waals surface area contributed by atoms with Crippen molar-refractivity contribution < 1.29 is 14.2 Å². The number of ether oxygens (including phenoxy) is 3. The lowest BCUT2D eigenvalue weighted by atomic mass is 9.90. The van der Waals surface area contributed by atoms with E-state index >= 15 is 0 Å². The number of imidazole rings is 1. The Morgan fingerprint density at radius 1 is 1.23 bits per heavy atom. The summed E-state index contributed by atoms with van der Waals surface area (Å²) in [6.45, 7) is 16.0. The monoisotopic (exact) mass is 444 g/mol. The highest BCUT2D eigenvalue weighted by Crippen LogP contribution is 2.34. The van der Waals surface area contributed by atoms with E-state index in [1.54, 1.807) is 7.11 Å². The predicted octanol–water partition coefficient (Wildman–Crippen LogP) is 5.90. The van der Waals surface area contributed by atoms with Crippen LogP contribution in [0.1, 0.15) is 50.2 Å². The molecule has 2 aromatic rings. The molecule has 1 aromatic heterocycles. The van der Waals surface area contributed by atoms with E-state index < -0.39 is 8.07 Å². The van der Waals surface area contributed by atoms with E-state index in [4.69, 9.17) is 19.2 Å². The largest absolute Gasteiger partial charge is 0.497 e. The summed E-state index contributed by atoms with van der Waals surface area (Å²) in [5.41, 5.74) is 2.62. The van der Waals surface area contributed by atoms with Gasteiger partial charge in [-0.3, -0.25) is 0 Å². The second-order valence-electron chi connectivity index (χ2n) is 11.2. The summed E-state index contributed by atoms with van der Waals surface area (Å²) in [6.07, 6.45) is 5.19. The molecule has 0 N–H and O–H groups in total. The second-order valence-corrected chi connectivity index (χ2v) is 16.8. The van der Waals surface area contributed by atoms with Crippen LogP contribution in [-0.2, 0) is 24.3 Å². The number of benzene rings is 1. The minimum absolute atomic E-state index is 0.212. The molecule has 172 valence electrons. The average Bonchev–Trinajstić information content (AvgIpc) is 3.11. The fourth-order valence-corrected chi connectivity index (χ4v) is 4.50. The first-order chi connectivity index (χ1) is 14.5. The third kappa shape index (κ3) is 7.11. The van der Waals surface area contributed by atoms with E-state index in [1.165, 1.54) is 11.6 Å². The van der Waals surface area contributed by atoms with Gasteiger partial charge in [0.2, 0.25) is 0 Å². The fraction of sp³-hybridized carbons (Fsp3) is 0.640. The second kappa shape index (κ2) is 9.78. The molecule has 0 fully saturated rings. The zero-order valence-electron chi connectivity index (χ0n) is 20.5. The van der Waals surface area contributed by atoms with Crippen LogP contribution in [0.15, 0.2) is 24.4 Å². The normalized spacial score (nSPS) is 16.7. The summed E-state index contributed by atoms with van der Waals surface area (Å²) in [5, 5.41) is 0. The first-order valence-electron chi connectivity index (χ1n) is 11.5. The zero-order chi connectivity index (χ0) is 22.6. The number of fused-ring (bicyclic) bond motifs is 1. The number of nitrogens with zero attached hydrogens (tertiary/aromatic N) is 2. The van der Waals surface area contributed by atoms with Crippen molar-refractivity contribution in [2.45, 2.75) is 78.4 Å². The molecule has 0 saturated heterocycles. The number of methoxy groups -OCH3 is 1. The molecule has 0 amide bonds. The Hall–Kier alpha value is -1.79. The van der Waals surface area contributed by atoms with Gasteiger partial charge in [0.05, 0.1) is 25.3 Å². The Balaban J connectivity index is 1.76. The molecular formula is C25H40N2O3Si. The molecule has 0 radical (unpaired) electrons. The number of aromatic nitrogens is 2. The molecule has 1 aromatic carbocycles. The summed E-state index contributed by atoms with van der Waals surface area (Å²) < 4.78 is 19.8. The number of hydrogen-bond acceptors (Lipinski definition) is 4. The van der Waals surface area contributed by atoms with Crippen LogP contribution in [0, 0.1) is 5.41 Å². The van der Waals surface area contributed by atoms with Crippen molar-refractivity contribution in [3.63, 3.8) is 0 Å². The third-order valence-corrected chi connectivity index (χ3v) is 7.46. The maximum Gasteiger partial charge on any atom is 0.123 e. The zero-order valence-corrected chi connectivity index (χ0v) is 21.5. The van der Waals surface area contributed by atoms with Crippen molar-refractivity contribution >= 4 is 8.07 Å². The van der Waals surface area contributed by atoms with Crippen molar-refractivity contribution in [1.29, 1.82) is 0 Å². The van der Waals surface area contributed by atoms with Crippen LogP contribution in [-0.4, -0.2) is 37.9 Å². The summed E-state index contributed by atoms with van der Waals surface area (Å²) in [5.74, 6) is 3.11. The molecule has 0 spiro atoms. The van der Waals surface area contributed by atoms with E-state index in [2.05, 4.69) is 57.2 Å². The van der Waals surface area contributed by atoms with Crippen LogP contribution >= 0.6 is 0 Å². The lowest BCUT2D eigenvalue weighted by Gasteiger charge is -2.26. The Morgan fingerprint density at radius 2 is 2.00 bits per heavy atom. The maximum absolute atomic E-state index is 6.09. The van der Waals surface area contributed by atoms with Crippen LogP contribution in [0.25, 0.3) is 0 Å². The standard InChI is InChI=1S/C25H40N2O3Si/c1-25(2,3)11-10-21-16-27(18-29-12-13-31(5,6)7)24(26-21)20-14-19-15-22(28-4)8-9-23(19)30-17-20/h8-9,15-16,20H,10-14,17-18H2,1-7H3.